The molecule has 134 valence electrons. The molecular weight excluding hydrogens is 318 g/mol. The van der Waals surface area contributed by atoms with Gasteiger partial charge >= 0.3 is 5.97 Å². The highest BCUT2D eigenvalue weighted by Gasteiger charge is 2.26. The third-order valence-corrected chi connectivity index (χ3v) is 4.10. The molecule has 0 aliphatic rings. The Morgan fingerprint density at radius 1 is 1.12 bits per heavy atom. The fourth-order valence-electron chi connectivity index (χ4n) is 2.85. The second-order valence-corrected chi connectivity index (χ2v) is 6.57. The molecule has 5 nitrogen and oxygen atoms in total. The fourth-order valence-corrected chi connectivity index (χ4v) is 2.85. The van der Waals surface area contributed by atoms with Crippen LogP contribution in [0.5, 0.6) is 0 Å². The van der Waals surface area contributed by atoms with Gasteiger partial charge in [0.2, 0.25) is 5.91 Å². The minimum atomic E-state index is -1.14. The zero-order valence-corrected chi connectivity index (χ0v) is 14.9. The Bertz CT molecular complexity index is 736. The number of esters is 1. The molecule has 0 aromatic heterocycles. The van der Waals surface area contributed by atoms with Crippen LogP contribution in [0.3, 0.4) is 0 Å². The van der Waals surface area contributed by atoms with Crippen LogP contribution >= 0.6 is 0 Å². The van der Waals surface area contributed by atoms with Crippen LogP contribution in [0.15, 0.2) is 42.5 Å². The van der Waals surface area contributed by atoms with Crippen molar-refractivity contribution >= 4 is 22.6 Å². The van der Waals surface area contributed by atoms with Gasteiger partial charge in [-0.25, -0.2) is 4.79 Å². The molecule has 0 unspecified atom stereocenters. The van der Waals surface area contributed by atoms with Crippen molar-refractivity contribution < 1.29 is 19.4 Å². The molecule has 5 heteroatoms. The van der Waals surface area contributed by atoms with Gasteiger partial charge in [-0.15, -0.1) is 0 Å². The predicted molar refractivity (Wildman–Crippen MR) is 97.1 cm³/mol. The summed E-state index contributed by atoms with van der Waals surface area (Å²) in [6, 6.07) is 12.9. The molecule has 0 radical (unpaired) electrons. The van der Waals surface area contributed by atoms with Crippen LogP contribution in [0.1, 0.15) is 25.8 Å². The molecule has 0 spiro atoms. The second kappa shape index (κ2) is 8.62. The SMILES string of the molecule is COC(=O)[C@H](Cc1cccc2ccccc12)NC(=O)[C@@H](O)CC(C)C. The summed E-state index contributed by atoms with van der Waals surface area (Å²) in [5, 5.41) is 14.7. The van der Waals surface area contributed by atoms with Crippen molar-refractivity contribution in [2.75, 3.05) is 7.11 Å². The van der Waals surface area contributed by atoms with Crippen molar-refractivity contribution in [3.8, 4) is 0 Å². The largest absolute Gasteiger partial charge is 0.467 e. The number of aliphatic hydroxyl groups excluding tert-OH is 1. The Kier molecular flexibility index (Phi) is 6.53. The molecule has 2 atom stereocenters. The summed E-state index contributed by atoms with van der Waals surface area (Å²) in [5.74, 6) is -0.905. The first kappa shape index (κ1) is 18.9. The fraction of sp³-hybridized carbons (Fsp3) is 0.400. The Labute approximate surface area is 148 Å². The number of fused-ring (bicyclic) bond motifs is 1. The first-order valence-electron chi connectivity index (χ1n) is 8.45. The Hall–Kier alpha value is -2.40. The topological polar surface area (TPSA) is 75.6 Å². The van der Waals surface area contributed by atoms with Gasteiger partial charge in [-0.1, -0.05) is 56.3 Å². The smallest absolute Gasteiger partial charge is 0.328 e. The summed E-state index contributed by atoms with van der Waals surface area (Å²) >= 11 is 0. The molecule has 2 N–H and O–H groups in total. The van der Waals surface area contributed by atoms with Gasteiger partial charge in [0.15, 0.2) is 0 Å². The Balaban J connectivity index is 2.20. The van der Waals surface area contributed by atoms with Crippen molar-refractivity contribution in [2.45, 2.75) is 38.8 Å². The maximum atomic E-state index is 12.2. The van der Waals surface area contributed by atoms with E-state index in [-0.39, 0.29) is 5.92 Å². The van der Waals surface area contributed by atoms with Crippen LogP contribution in [-0.2, 0) is 20.7 Å². The second-order valence-electron chi connectivity index (χ2n) is 6.57. The number of carbonyl (C=O) groups excluding carboxylic acids is 2. The number of hydrogen-bond acceptors (Lipinski definition) is 4. The minimum Gasteiger partial charge on any atom is -0.467 e. The van der Waals surface area contributed by atoms with Crippen molar-refractivity contribution in [1.82, 2.24) is 5.32 Å². The summed E-state index contributed by atoms with van der Waals surface area (Å²) in [6.45, 7) is 3.84. The quantitative estimate of drug-likeness (QED) is 0.757. The molecule has 25 heavy (non-hydrogen) atoms. The lowest BCUT2D eigenvalue weighted by atomic mass is 9.98. The zero-order chi connectivity index (χ0) is 18.4. The van der Waals surface area contributed by atoms with Gasteiger partial charge in [-0.3, -0.25) is 4.79 Å². The van der Waals surface area contributed by atoms with Crippen molar-refractivity contribution in [3.63, 3.8) is 0 Å². The van der Waals surface area contributed by atoms with E-state index in [2.05, 4.69) is 5.32 Å². The lowest BCUT2D eigenvalue weighted by molar-refractivity contribution is -0.146. The summed E-state index contributed by atoms with van der Waals surface area (Å²) in [6.07, 6.45) is -0.498. The lowest BCUT2D eigenvalue weighted by Crippen LogP contribution is -2.47. The van der Waals surface area contributed by atoms with E-state index in [0.717, 1.165) is 16.3 Å². The average Bonchev–Trinajstić information content (AvgIpc) is 2.60. The van der Waals surface area contributed by atoms with Crippen molar-refractivity contribution in [2.24, 2.45) is 5.92 Å². The number of carbonyl (C=O) groups is 2. The summed E-state index contributed by atoms with van der Waals surface area (Å²) in [4.78, 5) is 24.3. The molecule has 0 saturated heterocycles. The van der Waals surface area contributed by atoms with E-state index in [0.29, 0.717) is 12.8 Å². The molecule has 0 heterocycles. The van der Waals surface area contributed by atoms with Crippen LogP contribution in [0.25, 0.3) is 10.8 Å². The van der Waals surface area contributed by atoms with Crippen LogP contribution in [0.4, 0.5) is 0 Å². The van der Waals surface area contributed by atoms with E-state index in [1.807, 2.05) is 56.3 Å². The normalized spacial score (nSPS) is 13.5. The highest BCUT2D eigenvalue weighted by molar-refractivity contribution is 5.89. The van der Waals surface area contributed by atoms with Crippen LogP contribution < -0.4 is 5.32 Å². The van der Waals surface area contributed by atoms with E-state index in [9.17, 15) is 14.7 Å². The summed E-state index contributed by atoms with van der Waals surface area (Å²) in [5.41, 5.74) is 0.937. The molecule has 2 aromatic carbocycles. The first-order chi connectivity index (χ1) is 11.9. The number of nitrogens with one attached hydrogen (secondary N) is 1. The van der Waals surface area contributed by atoms with Crippen LogP contribution in [0, 0.1) is 5.92 Å². The predicted octanol–water partition coefficient (Wildman–Crippen LogP) is 2.45. The van der Waals surface area contributed by atoms with E-state index in [1.165, 1.54) is 7.11 Å². The van der Waals surface area contributed by atoms with E-state index < -0.39 is 24.0 Å². The van der Waals surface area contributed by atoms with E-state index in [1.54, 1.807) is 0 Å². The molecule has 2 rings (SSSR count). The number of benzene rings is 2. The highest BCUT2D eigenvalue weighted by atomic mass is 16.5. The number of hydrogen-bond donors (Lipinski definition) is 2. The van der Waals surface area contributed by atoms with Crippen molar-refractivity contribution in [1.29, 1.82) is 0 Å². The third-order valence-electron chi connectivity index (χ3n) is 4.10. The van der Waals surface area contributed by atoms with Gasteiger partial charge in [-0.05, 0) is 28.7 Å². The molecule has 0 aliphatic heterocycles. The first-order valence-corrected chi connectivity index (χ1v) is 8.45. The van der Waals surface area contributed by atoms with Gasteiger partial charge in [0.25, 0.3) is 0 Å². The molecule has 0 aliphatic carbocycles. The zero-order valence-electron chi connectivity index (χ0n) is 14.9. The lowest BCUT2D eigenvalue weighted by Gasteiger charge is -2.20. The standard InChI is InChI=1S/C20H25NO4/c1-13(2)11-18(22)19(23)21-17(20(24)25-3)12-15-9-6-8-14-7-4-5-10-16(14)15/h4-10,13,17-18,22H,11-12H2,1-3H3,(H,21,23)/t17-,18-/m0/s1. The Morgan fingerprint density at radius 3 is 2.48 bits per heavy atom. The number of rotatable bonds is 7. The minimum absolute atomic E-state index is 0.176. The molecule has 1 amide bonds. The average molecular weight is 343 g/mol. The van der Waals surface area contributed by atoms with Crippen molar-refractivity contribution in [3.05, 3.63) is 48.0 Å². The van der Waals surface area contributed by atoms with Gasteiger partial charge < -0.3 is 15.2 Å². The maximum Gasteiger partial charge on any atom is 0.328 e. The summed E-state index contributed by atoms with van der Waals surface area (Å²) < 4.78 is 4.82. The molecule has 0 fully saturated rings. The third kappa shape index (κ3) is 5.03. The van der Waals surface area contributed by atoms with Gasteiger partial charge in [0, 0.05) is 6.42 Å². The van der Waals surface area contributed by atoms with Crippen LogP contribution in [-0.4, -0.2) is 36.2 Å². The highest BCUT2D eigenvalue weighted by Crippen LogP contribution is 2.20. The van der Waals surface area contributed by atoms with Crippen LogP contribution in [0.2, 0.25) is 0 Å². The number of methoxy groups -OCH3 is 1. The molecule has 2 aromatic rings. The van der Waals surface area contributed by atoms with Gasteiger partial charge in [0.05, 0.1) is 7.11 Å². The Morgan fingerprint density at radius 2 is 1.80 bits per heavy atom. The van der Waals surface area contributed by atoms with E-state index in [4.69, 9.17) is 4.74 Å². The number of ether oxygens (including phenoxy) is 1. The molecule has 0 bridgehead atoms. The number of amides is 1. The monoisotopic (exact) mass is 343 g/mol. The summed E-state index contributed by atoms with van der Waals surface area (Å²) in [7, 11) is 1.29. The van der Waals surface area contributed by atoms with Gasteiger partial charge in [0.1, 0.15) is 12.1 Å². The molecular formula is C20H25NO4. The molecule has 0 saturated carbocycles. The number of aliphatic hydroxyl groups is 1. The maximum absolute atomic E-state index is 12.2. The van der Waals surface area contributed by atoms with Gasteiger partial charge in [-0.2, -0.15) is 0 Å². The van der Waals surface area contributed by atoms with E-state index >= 15 is 0 Å².